The third-order valence-corrected chi connectivity index (χ3v) is 2.73. The van der Waals surface area contributed by atoms with Crippen molar-refractivity contribution in [1.29, 1.82) is 0 Å². The van der Waals surface area contributed by atoms with Gasteiger partial charge in [-0.1, -0.05) is 0 Å². The molecule has 2 rings (SSSR count). The van der Waals surface area contributed by atoms with Crippen molar-refractivity contribution < 1.29 is 4.74 Å². The first-order valence-electron chi connectivity index (χ1n) is 4.63. The Balaban J connectivity index is 0.000000980. The molecule has 0 saturated carbocycles. The van der Waals surface area contributed by atoms with E-state index in [1.807, 2.05) is 6.20 Å². The number of H-pyrrole nitrogens is 1. The van der Waals surface area contributed by atoms with Gasteiger partial charge in [0.15, 0.2) is 0 Å². The maximum absolute atomic E-state index is 5.59. The Kier molecular flexibility index (Phi) is 3.92. The zero-order chi connectivity index (χ0) is 9.15. The Bertz CT molecular complexity index is 257. The number of piperidine rings is 1. The van der Waals surface area contributed by atoms with Gasteiger partial charge in [-0.25, -0.2) is 4.98 Å². The topological polar surface area (TPSA) is 49.9 Å². The average Bonchev–Trinajstić information content (AvgIpc) is 2.72. The predicted molar refractivity (Wildman–Crippen MR) is 56.6 cm³/mol. The van der Waals surface area contributed by atoms with Gasteiger partial charge >= 0.3 is 0 Å². The molecule has 2 N–H and O–H groups in total. The summed E-state index contributed by atoms with van der Waals surface area (Å²) in [6.07, 6.45) is 5.59. The Labute approximate surface area is 89.9 Å². The first kappa shape index (κ1) is 11.5. The van der Waals surface area contributed by atoms with E-state index in [4.69, 9.17) is 4.74 Å². The minimum absolute atomic E-state index is 0. The molecule has 5 heteroatoms. The van der Waals surface area contributed by atoms with Crippen LogP contribution in [0.15, 0.2) is 12.4 Å². The van der Waals surface area contributed by atoms with Crippen molar-refractivity contribution in [3.05, 3.63) is 18.2 Å². The highest BCUT2D eigenvalue weighted by atomic mass is 35.5. The van der Waals surface area contributed by atoms with Crippen LogP contribution in [0.3, 0.4) is 0 Å². The molecule has 14 heavy (non-hydrogen) atoms. The minimum atomic E-state index is -0.186. The average molecular weight is 218 g/mol. The summed E-state index contributed by atoms with van der Waals surface area (Å²) in [5, 5.41) is 3.31. The van der Waals surface area contributed by atoms with Crippen LogP contribution in [0.1, 0.15) is 18.7 Å². The molecule has 1 aromatic rings. The van der Waals surface area contributed by atoms with Gasteiger partial charge in [0.2, 0.25) is 0 Å². The molecule has 1 aliphatic heterocycles. The van der Waals surface area contributed by atoms with Crippen LogP contribution in [0.5, 0.6) is 0 Å². The van der Waals surface area contributed by atoms with E-state index in [1.165, 1.54) is 0 Å². The lowest BCUT2D eigenvalue weighted by Crippen LogP contribution is -2.41. The van der Waals surface area contributed by atoms with Crippen molar-refractivity contribution in [2.24, 2.45) is 0 Å². The summed E-state index contributed by atoms with van der Waals surface area (Å²) in [5.41, 5.74) is -0.186. The van der Waals surface area contributed by atoms with Gasteiger partial charge in [0, 0.05) is 19.5 Å². The monoisotopic (exact) mass is 217 g/mol. The summed E-state index contributed by atoms with van der Waals surface area (Å²) in [6.45, 7) is 1.99. The Morgan fingerprint density at radius 3 is 2.64 bits per heavy atom. The first-order chi connectivity index (χ1) is 6.37. The van der Waals surface area contributed by atoms with Gasteiger partial charge in [0.05, 0.1) is 0 Å². The van der Waals surface area contributed by atoms with Crippen molar-refractivity contribution in [3.8, 4) is 0 Å². The molecule has 0 bridgehead atoms. The van der Waals surface area contributed by atoms with Crippen molar-refractivity contribution in [2.45, 2.75) is 18.4 Å². The molecular weight excluding hydrogens is 202 g/mol. The minimum Gasteiger partial charge on any atom is -0.370 e. The summed E-state index contributed by atoms with van der Waals surface area (Å²) < 4.78 is 5.59. The number of hydrogen-bond donors (Lipinski definition) is 2. The van der Waals surface area contributed by atoms with Crippen LogP contribution < -0.4 is 5.32 Å². The molecule has 1 fully saturated rings. The molecule has 4 nitrogen and oxygen atoms in total. The van der Waals surface area contributed by atoms with Crippen molar-refractivity contribution >= 4 is 12.4 Å². The molecule has 1 saturated heterocycles. The number of aromatic nitrogens is 2. The van der Waals surface area contributed by atoms with Crippen LogP contribution >= 0.6 is 12.4 Å². The third kappa shape index (κ3) is 1.92. The van der Waals surface area contributed by atoms with E-state index in [0.717, 1.165) is 31.8 Å². The summed E-state index contributed by atoms with van der Waals surface area (Å²) in [4.78, 5) is 7.41. The number of imidazole rings is 1. The molecule has 1 aliphatic rings. The highest BCUT2D eigenvalue weighted by Gasteiger charge is 2.35. The van der Waals surface area contributed by atoms with Gasteiger partial charge in [-0.3, -0.25) is 0 Å². The molecule has 0 unspecified atom stereocenters. The lowest BCUT2D eigenvalue weighted by atomic mass is 9.91. The van der Waals surface area contributed by atoms with Gasteiger partial charge in [0.25, 0.3) is 0 Å². The lowest BCUT2D eigenvalue weighted by molar-refractivity contribution is -0.0455. The Morgan fingerprint density at radius 1 is 1.43 bits per heavy atom. The van der Waals surface area contributed by atoms with Crippen LogP contribution in [0, 0.1) is 0 Å². The third-order valence-electron chi connectivity index (χ3n) is 2.73. The number of hydrogen-bond acceptors (Lipinski definition) is 3. The van der Waals surface area contributed by atoms with E-state index in [9.17, 15) is 0 Å². The smallest absolute Gasteiger partial charge is 0.138 e. The van der Waals surface area contributed by atoms with E-state index in [2.05, 4.69) is 15.3 Å². The van der Waals surface area contributed by atoms with Crippen LogP contribution in [0.25, 0.3) is 0 Å². The fourth-order valence-electron chi connectivity index (χ4n) is 1.88. The van der Waals surface area contributed by atoms with E-state index >= 15 is 0 Å². The lowest BCUT2D eigenvalue weighted by Gasteiger charge is -2.34. The number of nitrogens with zero attached hydrogens (tertiary/aromatic N) is 1. The van der Waals surface area contributed by atoms with Gasteiger partial charge in [-0.05, 0) is 25.9 Å². The van der Waals surface area contributed by atoms with Gasteiger partial charge in [0.1, 0.15) is 11.4 Å². The molecule has 80 valence electrons. The number of nitrogens with one attached hydrogen (secondary N) is 2. The van der Waals surface area contributed by atoms with Gasteiger partial charge in [-0.2, -0.15) is 0 Å². The van der Waals surface area contributed by atoms with E-state index in [0.29, 0.717) is 0 Å². The standard InChI is InChI=1S/C9H15N3O.ClH/c1-13-9(2-4-10-5-3-9)8-11-6-7-12-8;/h6-7,10H,2-5H2,1H3,(H,11,12);1H. The first-order valence-corrected chi connectivity index (χ1v) is 4.63. The van der Waals surface area contributed by atoms with E-state index in [-0.39, 0.29) is 18.0 Å². The molecule has 0 atom stereocenters. The molecule has 0 radical (unpaired) electrons. The highest BCUT2D eigenvalue weighted by molar-refractivity contribution is 5.85. The second-order valence-electron chi connectivity index (χ2n) is 3.39. The maximum Gasteiger partial charge on any atom is 0.138 e. The fraction of sp³-hybridized carbons (Fsp3) is 0.667. The van der Waals surface area contributed by atoms with Gasteiger partial charge < -0.3 is 15.0 Å². The molecule has 0 amide bonds. The largest absolute Gasteiger partial charge is 0.370 e. The van der Waals surface area contributed by atoms with Gasteiger partial charge in [-0.15, -0.1) is 12.4 Å². The number of methoxy groups -OCH3 is 1. The number of aromatic amines is 1. The second kappa shape index (κ2) is 4.77. The summed E-state index contributed by atoms with van der Waals surface area (Å²) in [7, 11) is 1.76. The Morgan fingerprint density at radius 2 is 2.14 bits per heavy atom. The summed E-state index contributed by atoms with van der Waals surface area (Å²) >= 11 is 0. The SMILES string of the molecule is COC1(c2ncc[nH]2)CCNCC1.Cl. The van der Waals surface area contributed by atoms with Crippen LogP contribution in [0.2, 0.25) is 0 Å². The molecular formula is C9H16ClN3O. The summed E-state index contributed by atoms with van der Waals surface area (Å²) in [5.74, 6) is 0.955. The molecule has 0 aliphatic carbocycles. The van der Waals surface area contributed by atoms with Crippen LogP contribution in [-0.4, -0.2) is 30.2 Å². The predicted octanol–water partition coefficient (Wildman–Crippen LogP) is 1.06. The van der Waals surface area contributed by atoms with Crippen LogP contribution in [-0.2, 0) is 10.3 Å². The number of halogens is 1. The quantitative estimate of drug-likeness (QED) is 0.779. The van der Waals surface area contributed by atoms with E-state index in [1.54, 1.807) is 13.3 Å². The zero-order valence-corrected chi connectivity index (χ0v) is 9.06. The Hall–Kier alpha value is -0.580. The van der Waals surface area contributed by atoms with Crippen molar-refractivity contribution in [3.63, 3.8) is 0 Å². The van der Waals surface area contributed by atoms with E-state index < -0.39 is 0 Å². The summed E-state index contributed by atoms with van der Waals surface area (Å²) in [6, 6.07) is 0. The second-order valence-corrected chi connectivity index (χ2v) is 3.39. The fourth-order valence-corrected chi connectivity index (χ4v) is 1.88. The highest BCUT2D eigenvalue weighted by Crippen LogP contribution is 2.31. The maximum atomic E-state index is 5.59. The molecule has 0 aromatic carbocycles. The number of rotatable bonds is 2. The molecule has 0 spiro atoms. The normalized spacial score (nSPS) is 20.1. The van der Waals surface area contributed by atoms with Crippen LogP contribution in [0.4, 0.5) is 0 Å². The molecule has 2 heterocycles. The van der Waals surface area contributed by atoms with Crippen molar-refractivity contribution in [1.82, 2.24) is 15.3 Å². The zero-order valence-electron chi connectivity index (χ0n) is 8.25. The molecule has 1 aromatic heterocycles. The van der Waals surface area contributed by atoms with Crippen molar-refractivity contribution in [2.75, 3.05) is 20.2 Å². The number of ether oxygens (including phenoxy) is 1.